The van der Waals surface area contributed by atoms with Gasteiger partial charge in [-0.3, -0.25) is 4.79 Å². The van der Waals surface area contributed by atoms with Crippen LogP contribution in [0.5, 0.6) is 17.2 Å². The third kappa shape index (κ3) is 6.29. The largest absolute Gasteiger partial charge is 0.546 e. The molecule has 0 atom stereocenters. The Balaban J connectivity index is 2.20. The Hall–Kier alpha value is -3.99. The fourth-order valence-electron chi connectivity index (χ4n) is 2.37. The predicted octanol–water partition coefficient (Wildman–Crippen LogP) is 1.77. The van der Waals surface area contributed by atoms with Crippen LogP contribution in [0.3, 0.4) is 0 Å². The number of benzene rings is 2. The molecular formula is C21H19N2O6-. The van der Waals surface area contributed by atoms with Crippen LogP contribution in [0.2, 0.25) is 0 Å². The van der Waals surface area contributed by atoms with Crippen molar-refractivity contribution in [2.45, 2.75) is 6.92 Å². The molecule has 0 aliphatic heterocycles. The zero-order valence-electron chi connectivity index (χ0n) is 15.9. The number of carbonyl (C=O) groups is 2. The number of amides is 1. The van der Waals surface area contributed by atoms with E-state index in [1.54, 1.807) is 30.3 Å². The molecule has 0 aromatic heterocycles. The van der Waals surface area contributed by atoms with E-state index in [0.717, 1.165) is 0 Å². The lowest BCUT2D eigenvalue weighted by molar-refractivity contribution is -0.307. The van der Waals surface area contributed by atoms with E-state index in [9.17, 15) is 20.0 Å². The number of carboxylic acid groups (broad SMARTS) is 1. The van der Waals surface area contributed by atoms with Gasteiger partial charge in [-0.15, -0.1) is 0 Å². The van der Waals surface area contributed by atoms with E-state index in [0.29, 0.717) is 23.6 Å². The van der Waals surface area contributed by atoms with Gasteiger partial charge in [-0.2, -0.15) is 5.26 Å². The molecule has 8 heteroatoms. The van der Waals surface area contributed by atoms with Crippen LogP contribution in [-0.4, -0.2) is 32.2 Å². The number of aliphatic carboxylic acids is 1. The summed E-state index contributed by atoms with van der Waals surface area (Å²) in [5, 5.41) is 22.5. The van der Waals surface area contributed by atoms with Gasteiger partial charge >= 0.3 is 0 Å². The van der Waals surface area contributed by atoms with E-state index in [1.165, 1.54) is 25.3 Å². The second-order valence-electron chi connectivity index (χ2n) is 5.66. The highest BCUT2D eigenvalue weighted by atomic mass is 16.5. The molecule has 2 aromatic rings. The topological polar surface area (TPSA) is 121 Å². The Morgan fingerprint density at radius 2 is 1.97 bits per heavy atom. The molecule has 0 saturated heterocycles. The molecule has 0 aliphatic carbocycles. The van der Waals surface area contributed by atoms with Crippen molar-refractivity contribution < 1.29 is 28.9 Å². The van der Waals surface area contributed by atoms with Gasteiger partial charge in [0.1, 0.15) is 24.0 Å². The quantitative estimate of drug-likeness (QED) is 0.507. The number of hydrogen-bond donors (Lipinski definition) is 1. The van der Waals surface area contributed by atoms with Crippen molar-refractivity contribution in [3.63, 3.8) is 0 Å². The molecule has 1 N–H and O–H groups in total. The SMILES string of the molecule is CCOc1cccc(NC(=O)/C(C#N)=C\c2ccc(OCC(=O)[O-])c(OC)c2)c1. The summed E-state index contributed by atoms with van der Waals surface area (Å²) in [6.07, 6.45) is 1.38. The van der Waals surface area contributed by atoms with Gasteiger partial charge in [-0.05, 0) is 42.8 Å². The van der Waals surface area contributed by atoms with Gasteiger partial charge in [-0.25, -0.2) is 0 Å². The Morgan fingerprint density at radius 1 is 1.17 bits per heavy atom. The van der Waals surface area contributed by atoms with Gasteiger partial charge in [-0.1, -0.05) is 12.1 Å². The number of carboxylic acids is 1. The van der Waals surface area contributed by atoms with Gasteiger partial charge in [0.2, 0.25) is 0 Å². The minimum atomic E-state index is -1.37. The Kier molecular flexibility index (Phi) is 7.62. The van der Waals surface area contributed by atoms with Crippen LogP contribution in [0, 0.1) is 11.3 Å². The third-order valence-electron chi connectivity index (χ3n) is 3.61. The molecule has 150 valence electrons. The van der Waals surface area contributed by atoms with Gasteiger partial charge in [0, 0.05) is 11.8 Å². The van der Waals surface area contributed by atoms with Crippen LogP contribution in [0.4, 0.5) is 5.69 Å². The van der Waals surface area contributed by atoms with Crippen molar-refractivity contribution in [1.82, 2.24) is 0 Å². The van der Waals surface area contributed by atoms with Crippen LogP contribution in [-0.2, 0) is 9.59 Å². The van der Waals surface area contributed by atoms with E-state index in [4.69, 9.17) is 14.2 Å². The smallest absolute Gasteiger partial charge is 0.266 e. The fourth-order valence-corrected chi connectivity index (χ4v) is 2.37. The molecule has 0 fully saturated rings. The number of nitriles is 1. The number of rotatable bonds is 9. The molecule has 1 amide bonds. The molecule has 0 unspecified atom stereocenters. The summed E-state index contributed by atoms with van der Waals surface area (Å²) in [6.45, 7) is 1.72. The number of methoxy groups -OCH3 is 1. The second-order valence-corrected chi connectivity index (χ2v) is 5.66. The highest BCUT2D eigenvalue weighted by Gasteiger charge is 2.12. The van der Waals surface area contributed by atoms with Crippen LogP contribution in [0.25, 0.3) is 6.08 Å². The highest BCUT2D eigenvalue weighted by molar-refractivity contribution is 6.09. The maximum atomic E-state index is 12.4. The summed E-state index contributed by atoms with van der Waals surface area (Å²) >= 11 is 0. The van der Waals surface area contributed by atoms with Crippen molar-refractivity contribution in [1.29, 1.82) is 5.26 Å². The number of anilines is 1. The summed E-state index contributed by atoms with van der Waals surface area (Å²) < 4.78 is 15.6. The molecule has 0 heterocycles. The van der Waals surface area contributed by atoms with Crippen LogP contribution in [0.15, 0.2) is 48.0 Å². The summed E-state index contributed by atoms with van der Waals surface area (Å²) in [6, 6.07) is 13.2. The molecule has 2 rings (SSSR count). The normalized spacial score (nSPS) is 10.6. The first kappa shape index (κ1) is 21.3. The first-order chi connectivity index (χ1) is 14.0. The van der Waals surface area contributed by atoms with Crippen LogP contribution in [0.1, 0.15) is 12.5 Å². The molecule has 0 bridgehead atoms. The van der Waals surface area contributed by atoms with Crippen molar-refractivity contribution in [3.8, 4) is 23.3 Å². The lowest BCUT2D eigenvalue weighted by atomic mass is 10.1. The van der Waals surface area contributed by atoms with E-state index in [2.05, 4.69) is 5.32 Å². The number of ether oxygens (including phenoxy) is 3. The molecule has 0 aliphatic rings. The van der Waals surface area contributed by atoms with E-state index in [-0.39, 0.29) is 17.1 Å². The van der Waals surface area contributed by atoms with Crippen molar-refractivity contribution in [3.05, 3.63) is 53.6 Å². The molecule has 0 radical (unpaired) electrons. The number of hydrogen-bond acceptors (Lipinski definition) is 7. The highest BCUT2D eigenvalue weighted by Crippen LogP contribution is 2.29. The van der Waals surface area contributed by atoms with E-state index in [1.807, 2.05) is 13.0 Å². The minimum Gasteiger partial charge on any atom is -0.546 e. The molecule has 0 spiro atoms. The summed E-state index contributed by atoms with van der Waals surface area (Å²) in [5.41, 5.74) is 0.861. The van der Waals surface area contributed by atoms with Gasteiger partial charge in [0.05, 0.1) is 19.7 Å². The molecular weight excluding hydrogens is 376 g/mol. The van der Waals surface area contributed by atoms with E-state index < -0.39 is 18.5 Å². The Labute approximate surface area is 167 Å². The van der Waals surface area contributed by atoms with Gasteiger partial charge in [0.25, 0.3) is 5.91 Å². The van der Waals surface area contributed by atoms with Crippen LogP contribution >= 0.6 is 0 Å². The van der Waals surface area contributed by atoms with Crippen molar-refractivity contribution in [2.75, 3.05) is 25.6 Å². The number of nitrogens with one attached hydrogen (secondary N) is 1. The number of nitrogens with zero attached hydrogens (tertiary/aromatic N) is 1. The summed E-state index contributed by atoms with van der Waals surface area (Å²) in [4.78, 5) is 23.0. The standard InChI is InChI=1S/C21H20N2O6/c1-3-28-17-6-4-5-16(11-17)23-21(26)15(12-22)9-14-7-8-18(19(10-14)27-2)29-13-20(24)25/h4-11H,3,13H2,1-2H3,(H,23,26)(H,24,25)/p-1/b15-9-. The zero-order valence-corrected chi connectivity index (χ0v) is 15.9. The van der Waals surface area contributed by atoms with Crippen molar-refractivity contribution in [2.24, 2.45) is 0 Å². The summed E-state index contributed by atoms with van der Waals surface area (Å²) in [5.74, 6) is -0.901. The summed E-state index contributed by atoms with van der Waals surface area (Å²) in [7, 11) is 1.39. The second kappa shape index (κ2) is 10.4. The van der Waals surface area contributed by atoms with Gasteiger partial charge in [0.15, 0.2) is 11.5 Å². The average Bonchev–Trinajstić information content (AvgIpc) is 2.71. The average molecular weight is 395 g/mol. The Bertz CT molecular complexity index is 962. The maximum Gasteiger partial charge on any atom is 0.266 e. The first-order valence-electron chi connectivity index (χ1n) is 8.63. The maximum absolute atomic E-state index is 12.4. The molecule has 0 saturated carbocycles. The predicted molar refractivity (Wildman–Crippen MR) is 103 cm³/mol. The minimum absolute atomic E-state index is 0.128. The van der Waals surface area contributed by atoms with Gasteiger partial charge < -0.3 is 29.4 Å². The zero-order chi connectivity index (χ0) is 21.2. The molecule has 2 aromatic carbocycles. The first-order valence-corrected chi connectivity index (χ1v) is 8.63. The Morgan fingerprint density at radius 3 is 2.62 bits per heavy atom. The number of carbonyl (C=O) groups excluding carboxylic acids is 2. The molecule has 8 nitrogen and oxygen atoms in total. The van der Waals surface area contributed by atoms with E-state index >= 15 is 0 Å². The fraction of sp³-hybridized carbons (Fsp3) is 0.190. The lowest BCUT2D eigenvalue weighted by Crippen LogP contribution is -2.29. The third-order valence-corrected chi connectivity index (χ3v) is 3.61. The van der Waals surface area contributed by atoms with Crippen molar-refractivity contribution >= 4 is 23.6 Å². The van der Waals surface area contributed by atoms with Crippen LogP contribution < -0.4 is 24.6 Å². The monoisotopic (exact) mass is 395 g/mol. The lowest BCUT2D eigenvalue weighted by Gasteiger charge is -2.12. The molecule has 29 heavy (non-hydrogen) atoms.